The number of amides is 3. The van der Waals surface area contributed by atoms with Gasteiger partial charge in [-0.05, 0) is 19.8 Å². The van der Waals surface area contributed by atoms with Crippen molar-refractivity contribution in [1.29, 1.82) is 0 Å². The molecular formula is C14H25N3O4. The Hall–Kier alpha value is -1.79. The van der Waals surface area contributed by atoms with Gasteiger partial charge in [-0.3, -0.25) is 9.59 Å². The molecule has 0 aliphatic carbocycles. The Morgan fingerprint density at radius 3 is 2.19 bits per heavy atom. The van der Waals surface area contributed by atoms with E-state index in [1.165, 1.54) is 4.90 Å². The quantitative estimate of drug-likeness (QED) is 0.810. The normalized spacial score (nSPS) is 15.7. The van der Waals surface area contributed by atoms with Gasteiger partial charge in [0, 0.05) is 46.2 Å². The summed E-state index contributed by atoms with van der Waals surface area (Å²) in [4.78, 5) is 39.7. The number of piperidine rings is 1. The first kappa shape index (κ1) is 17.3. The van der Waals surface area contributed by atoms with Crippen LogP contribution >= 0.6 is 0 Å². The van der Waals surface area contributed by atoms with Crippen molar-refractivity contribution in [1.82, 2.24) is 14.7 Å². The van der Waals surface area contributed by atoms with Crippen molar-refractivity contribution >= 4 is 17.9 Å². The number of hydrogen-bond acceptors (Lipinski definition) is 3. The first-order chi connectivity index (χ1) is 9.86. The van der Waals surface area contributed by atoms with Gasteiger partial charge in [-0.15, -0.1) is 0 Å². The monoisotopic (exact) mass is 299 g/mol. The molecule has 0 aromatic rings. The number of rotatable bonds is 5. The molecule has 0 bridgehead atoms. The molecule has 1 heterocycles. The van der Waals surface area contributed by atoms with E-state index < -0.39 is 5.97 Å². The Morgan fingerprint density at radius 2 is 1.76 bits per heavy atom. The van der Waals surface area contributed by atoms with Crippen LogP contribution in [0, 0.1) is 5.92 Å². The average molecular weight is 299 g/mol. The summed E-state index contributed by atoms with van der Waals surface area (Å²) < 4.78 is 0. The summed E-state index contributed by atoms with van der Waals surface area (Å²) in [5, 5.41) is 8.71. The van der Waals surface area contributed by atoms with Crippen molar-refractivity contribution in [3.05, 3.63) is 0 Å². The Balaban J connectivity index is 2.50. The molecule has 1 aliphatic rings. The van der Waals surface area contributed by atoms with Crippen LogP contribution in [-0.4, -0.2) is 78.0 Å². The average Bonchev–Trinajstić information content (AvgIpc) is 2.46. The van der Waals surface area contributed by atoms with Crippen molar-refractivity contribution < 1.29 is 19.5 Å². The second kappa shape index (κ2) is 7.85. The molecule has 1 fully saturated rings. The molecule has 0 aromatic heterocycles. The highest BCUT2D eigenvalue weighted by molar-refractivity contribution is 5.80. The van der Waals surface area contributed by atoms with Crippen LogP contribution in [0.1, 0.15) is 26.2 Å². The maximum Gasteiger partial charge on any atom is 0.319 e. The lowest BCUT2D eigenvalue weighted by atomic mass is 9.95. The number of likely N-dealkylation sites (tertiary alicyclic amines) is 1. The van der Waals surface area contributed by atoms with Gasteiger partial charge in [0.15, 0.2) is 0 Å². The fourth-order valence-electron chi connectivity index (χ4n) is 2.51. The number of carbonyl (C=O) groups excluding carboxylic acids is 2. The first-order valence-corrected chi connectivity index (χ1v) is 7.33. The van der Waals surface area contributed by atoms with E-state index in [0.29, 0.717) is 32.5 Å². The van der Waals surface area contributed by atoms with Crippen LogP contribution in [0.2, 0.25) is 0 Å². The van der Waals surface area contributed by atoms with Gasteiger partial charge in [-0.1, -0.05) is 0 Å². The van der Waals surface area contributed by atoms with Crippen molar-refractivity contribution in [3.8, 4) is 0 Å². The van der Waals surface area contributed by atoms with Gasteiger partial charge in [-0.25, -0.2) is 4.79 Å². The lowest BCUT2D eigenvalue weighted by Gasteiger charge is -2.35. The lowest BCUT2D eigenvalue weighted by molar-refractivity contribution is -0.140. The summed E-state index contributed by atoms with van der Waals surface area (Å²) in [6.45, 7) is 3.77. The summed E-state index contributed by atoms with van der Waals surface area (Å²) in [6, 6.07) is -0.0286. The molecule has 1 aliphatic heterocycles. The van der Waals surface area contributed by atoms with Gasteiger partial charge in [0.2, 0.25) is 5.91 Å². The molecule has 0 spiro atoms. The van der Waals surface area contributed by atoms with Gasteiger partial charge in [0.05, 0.1) is 6.42 Å². The van der Waals surface area contributed by atoms with E-state index in [1.54, 1.807) is 23.9 Å². The molecule has 0 unspecified atom stereocenters. The SMILES string of the molecule is CCN(CCC(=O)O)C(=O)C1CCN(C(=O)N(C)C)CC1. The third kappa shape index (κ3) is 4.91. The minimum Gasteiger partial charge on any atom is -0.481 e. The van der Waals surface area contributed by atoms with Crippen LogP contribution in [0.3, 0.4) is 0 Å². The van der Waals surface area contributed by atoms with Crippen LogP contribution in [-0.2, 0) is 9.59 Å². The maximum absolute atomic E-state index is 12.4. The van der Waals surface area contributed by atoms with Gasteiger partial charge >= 0.3 is 12.0 Å². The number of hydrogen-bond donors (Lipinski definition) is 1. The summed E-state index contributed by atoms with van der Waals surface area (Å²) in [5.41, 5.74) is 0. The summed E-state index contributed by atoms with van der Waals surface area (Å²) >= 11 is 0. The van der Waals surface area contributed by atoms with E-state index >= 15 is 0 Å². The largest absolute Gasteiger partial charge is 0.481 e. The van der Waals surface area contributed by atoms with Gasteiger partial charge < -0.3 is 19.8 Å². The zero-order chi connectivity index (χ0) is 16.0. The Bertz CT molecular complexity index is 390. The third-order valence-corrected chi connectivity index (χ3v) is 3.79. The first-order valence-electron chi connectivity index (χ1n) is 7.33. The third-order valence-electron chi connectivity index (χ3n) is 3.79. The topological polar surface area (TPSA) is 81.2 Å². The molecule has 7 heteroatoms. The van der Waals surface area contributed by atoms with Crippen LogP contribution in [0.5, 0.6) is 0 Å². The molecule has 1 rings (SSSR count). The van der Waals surface area contributed by atoms with E-state index in [4.69, 9.17) is 5.11 Å². The number of carboxylic acid groups (broad SMARTS) is 1. The van der Waals surface area contributed by atoms with Crippen molar-refractivity contribution in [3.63, 3.8) is 0 Å². The standard InChI is InChI=1S/C14H25N3O4/c1-4-16(10-7-12(18)19)13(20)11-5-8-17(9-6-11)14(21)15(2)3/h11H,4-10H2,1-3H3,(H,18,19). The van der Waals surface area contributed by atoms with Crippen molar-refractivity contribution in [2.75, 3.05) is 40.3 Å². The molecular weight excluding hydrogens is 274 g/mol. The fraction of sp³-hybridized carbons (Fsp3) is 0.786. The van der Waals surface area contributed by atoms with E-state index in [-0.39, 0.29) is 30.8 Å². The minimum absolute atomic E-state index is 0.00991. The molecule has 120 valence electrons. The minimum atomic E-state index is -0.896. The Kier molecular flexibility index (Phi) is 6.45. The Labute approximate surface area is 125 Å². The second-order valence-electron chi connectivity index (χ2n) is 5.50. The van der Waals surface area contributed by atoms with Gasteiger partial charge in [0.25, 0.3) is 0 Å². The zero-order valence-corrected chi connectivity index (χ0v) is 13.0. The van der Waals surface area contributed by atoms with Crippen LogP contribution in [0.4, 0.5) is 4.79 Å². The molecule has 0 saturated carbocycles. The number of carbonyl (C=O) groups is 3. The zero-order valence-electron chi connectivity index (χ0n) is 13.0. The van der Waals surface area contributed by atoms with Gasteiger partial charge in [-0.2, -0.15) is 0 Å². The summed E-state index contributed by atoms with van der Waals surface area (Å²) in [7, 11) is 3.43. The molecule has 21 heavy (non-hydrogen) atoms. The number of urea groups is 1. The van der Waals surface area contributed by atoms with Crippen LogP contribution < -0.4 is 0 Å². The smallest absolute Gasteiger partial charge is 0.319 e. The van der Waals surface area contributed by atoms with Crippen LogP contribution in [0.25, 0.3) is 0 Å². The predicted molar refractivity (Wildman–Crippen MR) is 77.9 cm³/mol. The maximum atomic E-state index is 12.4. The fourth-order valence-corrected chi connectivity index (χ4v) is 2.51. The van der Waals surface area contributed by atoms with E-state index in [9.17, 15) is 14.4 Å². The highest BCUT2D eigenvalue weighted by atomic mass is 16.4. The van der Waals surface area contributed by atoms with E-state index in [1.807, 2.05) is 6.92 Å². The highest BCUT2D eigenvalue weighted by Crippen LogP contribution is 2.20. The second-order valence-corrected chi connectivity index (χ2v) is 5.50. The van der Waals surface area contributed by atoms with Crippen molar-refractivity contribution in [2.45, 2.75) is 26.2 Å². The van der Waals surface area contributed by atoms with Gasteiger partial charge in [0.1, 0.15) is 0 Å². The van der Waals surface area contributed by atoms with Crippen molar-refractivity contribution in [2.24, 2.45) is 5.92 Å². The molecule has 3 amide bonds. The highest BCUT2D eigenvalue weighted by Gasteiger charge is 2.30. The number of nitrogens with zero attached hydrogens (tertiary/aromatic N) is 3. The lowest BCUT2D eigenvalue weighted by Crippen LogP contribution is -2.47. The predicted octanol–water partition coefficient (Wildman–Crippen LogP) is 0.703. The van der Waals surface area contributed by atoms with E-state index in [0.717, 1.165) is 0 Å². The Morgan fingerprint density at radius 1 is 1.19 bits per heavy atom. The number of aliphatic carboxylic acids is 1. The molecule has 1 saturated heterocycles. The molecule has 1 N–H and O–H groups in total. The molecule has 0 radical (unpaired) electrons. The van der Waals surface area contributed by atoms with Crippen LogP contribution in [0.15, 0.2) is 0 Å². The molecule has 0 aromatic carbocycles. The van der Waals surface area contributed by atoms with E-state index in [2.05, 4.69) is 0 Å². The molecule has 0 atom stereocenters. The number of carboxylic acids is 1. The molecule has 7 nitrogen and oxygen atoms in total. The summed E-state index contributed by atoms with van der Waals surface area (Å²) in [6.07, 6.45) is 1.25. The summed E-state index contributed by atoms with van der Waals surface area (Å²) in [5.74, 6) is -0.992.